The van der Waals surface area contributed by atoms with Crippen LogP contribution >= 0.6 is 11.3 Å². The fraction of sp³-hybridized carbons (Fsp3) is 0.0545. The van der Waals surface area contributed by atoms with Crippen molar-refractivity contribution in [2.45, 2.75) is 19.3 Å². The molecule has 10 aromatic rings. The molecule has 0 saturated carbocycles. The summed E-state index contributed by atoms with van der Waals surface area (Å²) in [5.41, 5.74) is 16.0. The number of benzene rings is 9. The molecule has 9 aromatic carbocycles. The molecule has 0 N–H and O–H groups in total. The molecule has 0 aliphatic heterocycles. The van der Waals surface area contributed by atoms with Crippen LogP contribution in [0.4, 0.5) is 17.1 Å². The van der Waals surface area contributed by atoms with Crippen molar-refractivity contribution >= 4 is 59.3 Å². The molecule has 270 valence electrons. The second-order valence-electron chi connectivity index (χ2n) is 15.7. The van der Waals surface area contributed by atoms with E-state index in [1.165, 1.54) is 86.6 Å². The first-order chi connectivity index (χ1) is 28.0. The SMILES string of the molecule is CC1(C)c2ccccc2-c2c(-c3ccccc3N(c3cccc(-c4ccc5ccccc5c4)c3)c3ccccc3-c3cccc4c3sc3ccccc34)cccc21. The van der Waals surface area contributed by atoms with Gasteiger partial charge in [0.25, 0.3) is 0 Å². The van der Waals surface area contributed by atoms with Gasteiger partial charge in [-0.2, -0.15) is 0 Å². The summed E-state index contributed by atoms with van der Waals surface area (Å²) in [4.78, 5) is 2.51. The molecule has 1 aliphatic carbocycles. The van der Waals surface area contributed by atoms with Gasteiger partial charge in [0.15, 0.2) is 0 Å². The van der Waals surface area contributed by atoms with Crippen molar-refractivity contribution in [1.82, 2.24) is 0 Å². The summed E-state index contributed by atoms with van der Waals surface area (Å²) in [5.74, 6) is 0. The maximum atomic E-state index is 2.51. The first-order valence-corrected chi connectivity index (χ1v) is 20.6. The van der Waals surface area contributed by atoms with Gasteiger partial charge in [-0.1, -0.05) is 178 Å². The second-order valence-corrected chi connectivity index (χ2v) is 16.7. The van der Waals surface area contributed by atoms with Gasteiger partial charge in [-0.3, -0.25) is 0 Å². The van der Waals surface area contributed by atoms with E-state index >= 15 is 0 Å². The highest BCUT2D eigenvalue weighted by Crippen LogP contribution is 2.54. The standard InChI is InChI=1S/C55H39NS/c1-55(2)48-27-9-5-23-47(48)53-44(24-15-28-49(53)55)41-20-6-10-29-50(41)56(40-19-13-18-38(35-40)39-33-32-36-16-3-4-17-37(36)34-39)51-30-11-7-21-42(51)45-25-14-26-46-43-22-8-12-31-52(43)57-54(45)46/h3-35H,1-2H3. The van der Waals surface area contributed by atoms with Crippen LogP contribution in [0.5, 0.6) is 0 Å². The fourth-order valence-corrected chi connectivity index (χ4v) is 10.6. The zero-order chi connectivity index (χ0) is 38.1. The Bertz CT molecular complexity index is 3180. The molecule has 0 atom stereocenters. The Morgan fingerprint density at radius 1 is 0.404 bits per heavy atom. The minimum atomic E-state index is -0.0969. The molecule has 0 radical (unpaired) electrons. The van der Waals surface area contributed by atoms with E-state index in [0.29, 0.717) is 0 Å². The zero-order valence-corrected chi connectivity index (χ0v) is 32.7. The number of nitrogens with zero attached hydrogens (tertiary/aromatic N) is 1. The van der Waals surface area contributed by atoms with Crippen molar-refractivity contribution in [3.05, 3.63) is 211 Å². The van der Waals surface area contributed by atoms with E-state index in [1.54, 1.807) is 0 Å². The van der Waals surface area contributed by atoms with Gasteiger partial charge in [-0.05, 0) is 86.1 Å². The maximum Gasteiger partial charge on any atom is 0.0540 e. The average Bonchev–Trinajstić information content (AvgIpc) is 3.76. The van der Waals surface area contributed by atoms with Gasteiger partial charge in [0, 0.05) is 48.0 Å². The lowest BCUT2D eigenvalue weighted by Crippen LogP contribution is -2.15. The van der Waals surface area contributed by atoms with Gasteiger partial charge in [0.2, 0.25) is 0 Å². The molecule has 1 aliphatic rings. The Hall–Kier alpha value is -6.74. The lowest BCUT2D eigenvalue weighted by Gasteiger charge is -2.31. The lowest BCUT2D eigenvalue weighted by molar-refractivity contribution is 0.660. The molecule has 11 rings (SSSR count). The Morgan fingerprint density at radius 2 is 0.982 bits per heavy atom. The summed E-state index contributed by atoms with van der Waals surface area (Å²) >= 11 is 1.88. The average molecular weight is 746 g/mol. The van der Waals surface area contributed by atoms with E-state index < -0.39 is 0 Å². The number of hydrogen-bond acceptors (Lipinski definition) is 2. The molecular weight excluding hydrogens is 707 g/mol. The van der Waals surface area contributed by atoms with Gasteiger partial charge >= 0.3 is 0 Å². The molecule has 1 heterocycles. The summed E-state index contributed by atoms with van der Waals surface area (Å²) in [5, 5.41) is 5.10. The van der Waals surface area contributed by atoms with Gasteiger partial charge in [-0.15, -0.1) is 11.3 Å². The largest absolute Gasteiger partial charge is 0.309 e. The lowest BCUT2D eigenvalue weighted by atomic mass is 9.82. The maximum absolute atomic E-state index is 2.51. The van der Waals surface area contributed by atoms with Crippen LogP contribution < -0.4 is 4.90 Å². The molecule has 0 fully saturated rings. The Morgan fingerprint density at radius 3 is 1.82 bits per heavy atom. The molecule has 57 heavy (non-hydrogen) atoms. The second kappa shape index (κ2) is 13.2. The molecule has 2 heteroatoms. The van der Waals surface area contributed by atoms with E-state index in [1.807, 2.05) is 11.3 Å². The summed E-state index contributed by atoms with van der Waals surface area (Å²) < 4.78 is 2.62. The molecule has 1 nitrogen and oxygen atoms in total. The predicted molar refractivity (Wildman–Crippen MR) is 245 cm³/mol. The minimum Gasteiger partial charge on any atom is -0.309 e. The summed E-state index contributed by atoms with van der Waals surface area (Å²) in [6.45, 7) is 4.73. The van der Waals surface area contributed by atoms with Crippen molar-refractivity contribution in [3.8, 4) is 44.5 Å². The van der Waals surface area contributed by atoms with Crippen molar-refractivity contribution in [1.29, 1.82) is 0 Å². The Balaban J connectivity index is 1.17. The highest BCUT2D eigenvalue weighted by Gasteiger charge is 2.37. The molecule has 0 spiro atoms. The molecular formula is C55H39NS. The van der Waals surface area contributed by atoms with Crippen LogP contribution in [0.15, 0.2) is 200 Å². The van der Waals surface area contributed by atoms with Gasteiger partial charge in [0.05, 0.1) is 11.4 Å². The van der Waals surface area contributed by atoms with E-state index in [9.17, 15) is 0 Å². The minimum absolute atomic E-state index is 0.0969. The number of rotatable bonds is 6. The Labute approximate surface area is 337 Å². The third kappa shape index (κ3) is 5.36. The van der Waals surface area contributed by atoms with E-state index in [2.05, 4.69) is 219 Å². The van der Waals surface area contributed by atoms with Crippen molar-refractivity contribution in [2.24, 2.45) is 0 Å². The third-order valence-electron chi connectivity index (χ3n) is 12.1. The normalized spacial score (nSPS) is 12.9. The number of hydrogen-bond donors (Lipinski definition) is 0. The van der Waals surface area contributed by atoms with Crippen LogP contribution in [-0.2, 0) is 5.41 Å². The van der Waals surface area contributed by atoms with E-state index in [0.717, 1.165) is 17.1 Å². The number of para-hydroxylation sites is 2. The topological polar surface area (TPSA) is 3.24 Å². The molecule has 1 aromatic heterocycles. The highest BCUT2D eigenvalue weighted by atomic mass is 32.1. The molecule has 0 saturated heterocycles. The predicted octanol–water partition coefficient (Wildman–Crippen LogP) is 16.0. The molecule has 0 unspecified atom stereocenters. The van der Waals surface area contributed by atoms with Gasteiger partial charge in [-0.25, -0.2) is 0 Å². The van der Waals surface area contributed by atoms with Crippen molar-refractivity contribution in [2.75, 3.05) is 4.90 Å². The van der Waals surface area contributed by atoms with Crippen LogP contribution in [0.2, 0.25) is 0 Å². The van der Waals surface area contributed by atoms with Gasteiger partial charge in [0.1, 0.15) is 0 Å². The monoisotopic (exact) mass is 745 g/mol. The summed E-state index contributed by atoms with van der Waals surface area (Å²) in [6.07, 6.45) is 0. The quantitative estimate of drug-likeness (QED) is 0.164. The smallest absolute Gasteiger partial charge is 0.0540 e. The summed E-state index contributed by atoms with van der Waals surface area (Å²) in [7, 11) is 0. The van der Waals surface area contributed by atoms with Crippen LogP contribution in [0.25, 0.3) is 75.5 Å². The van der Waals surface area contributed by atoms with E-state index in [4.69, 9.17) is 0 Å². The zero-order valence-electron chi connectivity index (χ0n) is 31.9. The van der Waals surface area contributed by atoms with Crippen LogP contribution in [0, 0.1) is 0 Å². The highest BCUT2D eigenvalue weighted by molar-refractivity contribution is 7.26. The first kappa shape index (κ1) is 33.6. The van der Waals surface area contributed by atoms with Crippen LogP contribution in [0.1, 0.15) is 25.0 Å². The fourth-order valence-electron chi connectivity index (χ4n) is 9.33. The van der Waals surface area contributed by atoms with Gasteiger partial charge < -0.3 is 4.90 Å². The van der Waals surface area contributed by atoms with Crippen molar-refractivity contribution in [3.63, 3.8) is 0 Å². The van der Waals surface area contributed by atoms with Crippen molar-refractivity contribution < 1.29 is 0 Å². The van der Waals surface area contributed by atoms with Crippen LogP contribution in [-0.4, -0.2) is 0 Å². The first-order valence-electron chi connectivity index (χ1n) is 19.8. The molecule has 0 amide bonds. The third-order valence-corrected chi connectivity index (χ3v) is 13.3. The number of thiophene rings is 1. The Kier molecular flexibility index (Phi) is 7.77. The summed E-state index contributed by atoms with van der Waals surface area (Å²) in [6, 6.07) is 73.9. The van der Waals surface area contributed by atoms with Crippen LogP contribution in [0.3, 0.4) is 0 Å². The number of fused-ring (bicyclic) bond motifs is 7. The van der Waals surface area contributed by atoms with E-state index in [-0.39, 0.29) is 5.41 Å². The molecule has 0 bridgehead atoms. The number of anilines is 3.